The van der Waals surface area contributed by atoms with Gasteiger partial charge in [0.05, 0.1) is 11.5 Å². The maximum atomic E-state index is 13.4. The van der Waals surface area contributed by atoms with Crippen LogP contribution in [0.5, 0.6) is 0 Å². The van der Waals surface area contributed by atoms with E-state index >= 15 is 0 Å². The van der Waals surface area contributed by atoms with Gasteiger partial charge in [0.25, 0.3) is 0 Å². The minimum atomic E-state index is -0.354. The summed E-state index contributed by atoms with van der Waals surface area (Å²) >= 11 is 0. The molecule has 0 aromatic heterocycles. The van der Waals surface area contributed by atoms with E-state index in [1.54, 1.807) is 0 Å². The van der Waals surface area contributed by atoms with Gasteiger partial charge in [0.1, 0.15) is 0 Å². The summed E-state index contributed by atoms with van der Waals surface area (Å²) in [5.41, 5.74) is 10.1. The van der Waals surface area contributed by atoms with Crippen molar-refractivity contribution in [2.45, 2.75) is 56.4 Å². The average molecular weight is 334 g/mol. The molecule has 0 radical (unpaired) electrons. The van der Waals surface area contributed by atoms with E-state index < -0.39 is 0 Å². The average Bonchev–Trinajstić information content (AvgIpc) is 3.13. The highest BCUT2D eigenvalue weighted by Crippen LogP contribution is 2.42. The first-order valence-electron chi connectivity index (χ1n) is 9.44. The lowest BCUT2D eigenvalue weighted by Crippen LogP contribution is -2.44. The Morgan fingerprint density at radius 3 is 2.56 bits per heavy atom. The number of nitrogens with two attached hydrogens (primary N) is 1. The van der Waals surface area contributed by atoms with Crippen molar-refractivity contribution in [1.82, 2.24) is 5.32 Å². The fourth-order valence-corrected chi connectivity index (χ4v) is 4.66. The van der Waals surface area contributed by atoms with Gasteiger partial charge < -0.3 is 11.1 Å². The fourth-order valence-electron chi connectivity index (χ4n) is 4.66. The zero-order valence-corrected chi connectivity index (χ0v) is 14.6. The molecule has 1 fully saturated rings. The smallest absolute Gasteiger partial charge is 0.231 e. The first kappa shape index (κ1) is 16.2. The highest BCUT2D eigenvalue weighted by Gasteiger charge is 2.43. The second-order valence-corrected chi connectivity index (χ2v) is 7.53. The first-order chi connectivity index (χ1) is 12.2. The van der Waals surface area contributed by atoms with Crippen molar-refractivity contribution in [3.8, 4) is 0 Å². The number of carbonyl (C=O) groups excluding carboxylic acids is 1. The van der Waals surface area contributed by atoms with Crippen LogP contribution in [-0.4, -0.2) is 5.91 Å². The summed E-state index contributed by atoms with van der Waals surface area (Å²) < 4.78 is 0. The molecule has 2 aromatic rings. The van der Waals surface area contributed by atoms with Crippen molar-refractivity contribution in [3.63, 3.8) is 0 Å². The number of rotatable bonds is 3. The summed E-state index contributed by atoms with van der Waals surface area (Å²) in [7, 11) is 0. The standard InChI is InChI=1S/C22H26N2O/c23-18-11-12-19-16(15-18)7-6-10-20(19)24-21(25)22(13-4-5-14-22)17-8-2-1-3-9-17/h1-3,8-9,11-12,15,20H,4-7,10,13-14,23H2,(H,24,25). The molecule has 1 unspecified atom stereocenters. The molecular weight excluding hydrogens is 308 g/mol. The van der Waals surface area contributed by atoms with Gasteiger partial charge >= 0.3 is 0 Å². The summed E-state index contributed by atoms with van der Waals surface area (Å²) in [6, 6.07) is 16.5. The van der Waals surface area contributed by atoms with Gasteiger partial charge in [-0.2, -0.15) is 0 Å². The predicted octanol–water partition coefficient (Wildman–Crippen LogP) is 4.27. The summed E-state index contributed by atoms with van der Waals surface area (Å²) in [5.74, 6) is 0.200. The Morgan fingerprint density at radius 2 is 1.80 bits per heavy atom. The van der Waals surface area contributed by atoms with Gasteiger partial charge in [-0.15, -0.1) is 0 Å². The number of fused-ring (bicyclic) bond motifs is 1. The van der Waals surface area contributed by atoms with E-state index in [-0.39, 0.29) is 17.4 Å². The summed E-state index contributed by atoms with van der Waals surface area (Å²) in [4.78, 5) is 13.4. The van der Waals surface area contributed by atoms with Crippen LogP contribution in [-0.2, 0) is 16.6 Å². The van der Waals surface area contributed by atoms with Crippen molar-refractivity contribution in [2.24, 2.45) is 0 Å². The number of nitrogens with one attached hydrogen (secondary N) is 1. The minimum absolute atomic E-state index is 0.109. The van der Waals surface area contributed by atoms with Gasteiger partial charge in [0, 0.05) is 5.69 Å². The van der Waals surface area contributed by atoms with E-state index in [0.29, 0.717) is 0 Å². The predicted molar refractivity (Wildman–Crippen MR) is 101 cm³/mol. The van der Waals surface area contributed by atoms with Crippen molar-refractivity contribution >= 4 is 11.6 Å². The summed E-state index contributed by atoms with van der Waals surface area (Å²) in [6.07, 6.45) is 7.30. The Kier molecular flexibility index (Phi) is 4.24. The third-order valence-electron chi connectivity index (χ3n) is 6.00. The highest BCUT2D eigenvalue weighted by molar-refractivity contribution is 5.89. The van der Waals surface area contributed by atoms with Crippen LogP contribution >= 0.6 is 0 Å². The Balaban J connectivity index is 1.62. The lowest BCUT2D eigenvalue weighted by Gasteiger charge is -2.33. The Labute approximate surface area is 149 Å². The van der Waals surface area contributed by atoms with Crippen molar-refractivity contribution < 1.29 is 4.79 Å². The molecule has 2 aliphatic rings. The molecule has 1 saturated carbocycles. The van der Waals surface area contributed by atoms with Crippen molar-refractivity contribution in [1.29, 1.82) is 0 Å². The van der Waals surface area contributed by atoms with E-state index in [0.717, 1.165) is 50.6 Å². The molecule has 130 valence electrons. The van der Waals surface area contributed by atoms with E-state index in [2.05, 4.69) is 29.6 Å². The number of carbonyl (C=O) groups is 1. The van der Waals surface area contributed by atoms with Gasteiger partial charge in [-0.1, -0.05) is 49.2 Å². The number of aryl methyl sites for hydroxylation is 1. The molecule has 0 bridgehead atoms. The lowest BCUT2D eigenvalue weighted by molar-refractivity contribution is -0.127. The molecular formula is C22H26N2O. The summed E-state index contributed by atoms with van der Waals surface area (Å²) in [5, 5.41) is 3.40. The number of hydrogen-bond donors (Lipinski definition) is 2. The van der Waals surface area contributed by atoms with Crippen LogP contribution in [0, 0.1) is 0 Å². The van der Waals surface area contributed by atoms with E-state index in [1.807, 2.05) is 24.3 Å². The SMILES string of the molecule is Nc1ccc2c(c1)CCCC2NC(=O)C1(c2ccccc2)CCCC1. The zero-order chi connectivity index (χ0) is 17.3. The van der Waals surface area contributed by atoms with Crippen LogP contribution in [0.25, 0.3) is 0 Å². The van der Waals surface area contributed by atoms with Crippen LogP contribution in [0.15, 0.2) is 48.5 Å². The zero-order valence-electron chi connectivity index (χ0n) is 14.6. The minimum Gasteiger partial charge on any atom is -0.399 e. The monoisotopic (exact) mass is 334 g/mol. The van der Waals surface area contributed by atoms with Crippen LogP contribution in [0.1, 0.15) is 61.3 Å². The van der Waals surface area contributed by atoms with Crippen molar-refractivity contribution in [2.75, 3.05) is 5.73 Å². The lowest BCUT2D eigenvalue weighted by atomic mass is 9.77. The molecule has 3 nitrogen and oxygen atoms in total. The van der Waals surface area contributed by atoms with E-state index in [4.69, 9.17) is 5.73 Å². The highest BCUT2D eigenvalue weighted by atomic mass is 16.2. The molecule has 1 amide bonds. The molecule has 3 N–H and O–H groups in total. The van der Waals surface area contributed by atoms with Gasteiger partial charge in [-0.05, 0) is 60.9 Å². The normalized spacial score (nSPS) is 21.5. The maximum absolute atomic E-state index is 13.4. The van der Waals surface area contributed by atoms with Gasteiger partial charge in [-0.25, -0.2) is 0 Å². The van der Waals surface area contributed by atoms with Crippen LogP contribution in [0.3, 0.4) is 0 Å². The molecule has 0 heterocycles. The molecule has 0 aliphatic heterocycles. The van der Waals surface area contributed by atoms with Crippen LogP contribution in [0.4, 0.5) is 5.69 Å². The number of nitrogen functional groups attached to an aromatic ring is 1. The first-order valence-corrected chi connectivity index (χ1v) is 9.44. The molecule has 4 rings (SSSR count). The van der Waals surface area contributed by atoms with Crippen LogP contribution < -0.4 is 11.1 Å². The molecule has 1 atom stereocenters. The van der Waals surface area contributed by atoms with E-state index in [1.165, 1.54) is 16.7 Å². The molecule has 3 heteroatoms. The molecule has 0 spiro atoms. The molecule has 25 heavy (non-hydrogen) atoms. The quantitative estimate of drug-likeness (QED) is 0.823. The number of amides is 1. The Morgan fingerprint density at radius 1 is 1.04 bits per heavy atom. The largest absolute Gasteiger partial charge is 0.399 e. The number of benzene rings is 2. The van der Waals surface area contributed by atoms with Crippen molar-refractivity contribution in [3.05, 3.63) is 65.2 Å². The van der Waals surface area contributed by atoms with Gasteiger partial charge in [-0.3, -0.25) is 4.79 Å². The number of hydrogen-bond acceptors (Lipinski definition) is 2. The molecule has 2 aromatic carbocycles. The van der Waals surface area contributed by atoms with Crippen LogP contribution in [0.2, 0.25) is 0 Å². The second-order valence-electron chi connectivity index (χ2n) is 7.53. The third-order valence-corrected chi connectivity index (χ3v) is 6.00. The second kappa shape index (κ2) is 6.55. The van der Waals surface area contributed by atoms with E-state index in [9.17, 15) is 4.79 Å². The Hall–Kier alpha value is -2.29. The Bertz CT molecular complexity index is 763. The fraction of sp³-hybridized carbons (Fsp3) is 0.409. The topological polar surface area (TPSA) is 55.1 Å². The molecule has 2 aliphatic carbocycles. The third kappa shape index (κ3) is 2.92. The molecule has 0 saturated heterocycles. The van der Waals surface area contributed by atoms with Gasteiger partial charge in [0.15, 0.2) is 0 Å². The number of anilines is 1. The van der Waals surface area contributed by atoms with Gasteiger partial charge in [0.2, 0.25) is 5.91 Å². The summed E-state index contributed by atoms with van der Waals surface area (Å²) in [6.45, 7) is 0. The maximum Gasteiger partial charge on any atom is 0.231 e.